The second-order valence-electron chi connectivity index (χ2n) is 10.0. The van der Waals surface area contributed by atoms with Crippen LogP contribution in [0.15, 0.2) is 67.0 Å². The Morgan fingerprint density at radius 2 is 1.71 bits per heavy atom. The molecule has 0 bridgehead atoms. The summed E-state index contributed by atoms with van der Waals surface area (Å²) >= 11 is 0. The van der Waals surface area contributed by atoms with Gasteiger partial charge in [0.05, 0.1) is 12.6 Å². The summed E-state index contributed by atoms with van der Waals surface area (Å²) in [7, 11) is 5.67. The number of likely N-dealkylation sites (tertiary alicyclic amines) is 1. The number of ether oxygens (including phenoxy) is 2. The van der Waals surface area contributed by atoms with E-state index in [1.807, 2.05) is 57.4 Å². The Balaban J connectivity index is 1.34. The monoisotopic (exact) mass is 513 g/mol. The number of benzene rings is 3. The average Bonchev–Trinajstić information content (AvgIpc) is 3.49. The molecule has 1 atom stereocenters. The van der Waals surface area contributed by atoms with Crippen LogP contribution in [0.1, 0.15) is 30.9 Å². The van der Waals surface area contributed by atoms with Crippen molar-refractivity contribution in [2.45, 2.75) is 32.1 Å². The number of aromatic nitrogens is 2. The smallest absolute Gasteiger partial charge is 0.145 e. The molecule has 1 fully saturated rings. The number of rotatable bonds is 9. The maximum atomic E-state index is 11.5. The number of nitrogens with zero attached hydrogens (tertiary/aromatic N) is 4. The predicted molar refractivity (Wildman–Crippen MR) is 151 cm³/mol. The fourth-order valence-corrected chi connectivity index (χ4v) is 4.87. The lowest BCUT2D eigenvalue weighted by Crippen LogP contribution is -2.42. The zero-order chi connectivity index (χ0) is 26.7. The van der Waals surface area contributed by atoms with Gasteiger partial charge in [-0.25, -0.2) is 9.97 Å². The van der Waals surface area contributed by atoms with Gasteiger partial charge in [-0.3, -0.25) is 4.90 Å². The van der Waals surface area contributed by atoms with Gasteiger partial charge in [0.25, 0.3) is 0 Å². The van der Waals surface area contributed by atoms with Crippen LogP contribution in [0.2, 0.25) is 0 Å². The first-order valence-electron chi connectivity index (χ1n) is 12.9. The molecule has 0 spiro atoms. The molecular formula is C30H35N5O3. The zero-order valence-electron chi connectivity index (χ0n) is 22.4. The number of hydrogen-bond acceptors (Lipinski definition) is 8. The summed E-state index contributed by atoms with van der Waals surface area (Å²) in [6.45, 7) is 4.02. The molecule has 0 saturated carbocycles. The van der Waals surface area contributed by atoms with Crippen molar-refractivity contribution in [3.05, 3.63) is 78.1 Å². The van der Waals surface area contributed by atoms with E-state index in [0.717, 1.165) is 59.5 Å². The van der Waals surface area contributed by atoms with Gasteiger partial charge in [0, 0.05) is 55.6 Å². The van der Waals surface area contributed by atoms with Gasteiger partial charge >= 0.3 is 0 Å². The van der Waals surface area contributed by atoms with E-state index in [0.29, 0.717) is 23.7 Å². The molecule has 0 aliphatic carbocycles. The maximum absolute atomic E-state index is 11.5. The Bertz CT molecular complexity index is 1380. The molecular weight excluding hydrogens is 478 g/mol. The predicted octanol–water partition coefficient (Wildman–Crippen LogP) is 5.29. The number of fused-ring (bicyclic) bond motifs is 1. The summed E-state index contributed by atoms with van der Waals surface area (Å²) in [5.74, 6) is 2.05. The van der Waals surface area contributed by atoms with E-state index in [9.17, 15) is 5.11 Å². The third-order valence-corrected chi connectivity index (χ3v) is 7.16. The molecule has 0 amide bonds. The quantitative estimate of drug-likeness (QED) is 0.313. The van der Waals surface area contributed by atoms with Gasteiger partial charge in [0.2, 0.25) is 0 Å². The van der Waals surface area contributed by atoms with E-state index >= 15 is 0 Å². The van der Waals surface area contributed by atoms with Crippen molar-refractivity contribution >= 4 is 28.1 Å². The molecule has 2 N–H and O–H groups in total. The Hall–Kier alpha value is -3.88. The molecule has 1 aromatic heterocycles. The first-order valence-corrected chi connectivity index (χ1v) is 12.9. The van der Waals surface area contributed by atoms with Gasteiger partial charge in [0.15, 0.2) is 0 Å². The van der Waals surface area contributed by atoms with Crippen molar-refractivity contribution in [3.63, 3.8) is 0 Å². The lowest BCUT2D eigenvalue weighted by molar-refractivity contribution is -0.0894. The Kier molecular flexibility index (Phi) is 7.35. The molecule has 1 aliphatic rings. The first-order chi connectivity index (χ1) is 18.3. The second-order valence-corrected chi connectivity index (χ2v) is 10.0. The van der Waals surface area contributed by atoms with Gasteiger partial charge in [-0.15, -0.1) is 0 Å². The molecule has 1 aliphatic heterocycles. The van der Waals surface area contributed by atoms with Crippen LogP contribution < -0.4 is 19.7 Å². The molecule has 4 aromatic rings. The van der Waals surface area contributed by atoms with Crippen molar-refractivity contribution in [2.75, 3.05) is 44.5 Å². The number of aliphatic hydroxyl groups is 1. The summed E-state index contributed by atoms with van der Waals surface area (Å²) < 4.78 is 11.6. The fourth-order valence-electron chi connectivity index (χ4n) is 4.87. The van der Waals surface area contributed by atoms with Crippen LogP contribution in [0, 0.1) is 0 Å². The SMILES string of the molecule is COc1cc2ncnc(Nc3ccc(OCc4ccc(N(C)C)cc4)cc3)c2cc1C(C)(O)N1CCCC1. The molecule has 3 aromatic carbocycles. The highest BCUT2D eigenvalue weighted by atomic mass is 16.5. The highest BCUT2D eigenvalue weighted by Crippen LogP contribution is 2.38. The van der Waals surface area contributed by atoms with E-state index < -0.39 is 5.72 Å². The molecule has 1 unspecified atom stereocenters. The van der Waals surface area contributed by atoms with Gasteiger partial charge in [-0.05, 0) is 67.8 Å². The largest absolute Gasteiger partial charge is 0.496 e. The summed E-state index contributed by atoms with van der Waals surface area (Å²) in [6, 6.07) is 19.9. The van der Waals surface area contributed by atoms with E-state index in [1.165, 1.54) is 6.33 Å². The standard InChI is InChI=1S/C30H35N5O3/c1-30(36,35-15-5-6-16-35)26-17-25-27(18-28(26)37-4)31-20-32-29(25)33-22-9-13-24(14-10-22)38-19-21-7-11-23(12-8-21)34(2)3/h7-14,17-18,20,36H,5-6,15-16,19H2,1-4H3,(H,31,32,33). The minimum Gasteiger partial charge on any atom is -0.496 e. The molecule has 1 saturated heterocycles. The third-order valence-electron chi connectivity index (χ3n) is 7.16. The maximum Gasteiger partial charge on any atom is 0.145 e. The van der Waals surface area contributed by atoms with Crippen molar-refractivity contribution in [1.82, 2.24) is 14.9 Å². The van der Waals surface area contributed by atoms with Crippen LogP contribution in [0.3, 0.4) is 0 Å². The summed E-state index contributed by atoms with van der Waals surface area (Å²) in [6.07, 6.45) is 3.68. The molecule has 38 heavy (non-hydrogen) atoms. The summed E-state index contributed by atoms with van der Waals surface area (Å²) in [5, 5.41) is 15.7. The molecule has 8 heteroatoms. The van der Waals surface area contributed by atoms with Crippen molar-refractivity contribution in [3.8, 4) is 11.5 Å². The van der Waals surface area contributed by atoms with Crippen LogP contribution in [-0.4, -0.2) is 54.3 Å². The molecule has 198 valence electrons. The Labute approximate surface area is 223 Å². The average molecular weight is 514 g/mol. The number of hydrogen-bond donors (Lipinski definition) is 2. The lowest BCUT2D eigenvalue weighted by atomic mass is 9.99. The van der Waals surface area contributed by atoms with Crippen LogP contribution in [0.4, 0.5) is 17.2 Å². The fraction of sp³-hybridized carbons (Fsp3) is 0.333. The van der Waals surface area contributed by atoms with Crippen LogP contribution in [0.5, 0.6) is 11.5 Å². The second kappa shape index (κ2) is 10.8. The number of methoxy groups -OCH3 is 1. The number of nitrogens with one attached hydrogen (secondary N) is 1. The van der Waals surface area contributed by atoms with Crippen LogP contribution in [0.25, 0.3) is 10.9 Å². The molecule has 5 rings (SSSR count). The highest BCUT2D eigenvalue weighted by Gasteiger charge is 2.36. The van der Waals surface area contributed by atoms with Gasteiger partial charge < -0.3 is 24.8 Å². The molecule has 2 heterocycles. The zero-order valence-corrected chi connectivity index (χ0v) is 22.4. The van der Waals surface area contributed by atoms with Gasteiger partial charge in [-0.1, -0.05) is 12.1 Å². The van der Waals surface area contributed by atoms with Crippen molar-refractivity contribution < 1.29 is 14.6 Å². The lowest BCUT2D eigenvalue weighted by Gasteiger charge is -2.35. The number of anilines is 3. The minimum absolute atomic E-state index is 0.499. The topological polar surface area (TPSA) is 83.0 Å². The van der Waals surface area contributed by atoms with Gasteiger partial charge in [-0.2, -0.15) is 0 Å². The summed E-state index contributed by atoms with van der Waals surface area (Å²) in [5.41, 5.74) is 3.43. The Morgan fingerprint density at radius 3 is 2.37 bits per heavy atom. The highest BCUT2D eigenvalue weighted by molar-refractivity contribution is 5.92. The Morgan fingerprint density at radius 1 is 1.00 bits per heavy atom. The van der Waals surface area contributed by atoms with Crippen molar-refractivity contribution in [1.29, 1.82) is 0 Å². The van der Waals surface area contributed by atoms with Crippen molar-refractivity contribution in [2.24, 2.45) is 0 Å². The van der Waals surface area contributed by atoms with Crippen LogP contribution in [-0.2, 0) is 12.3 Å². The van der Waals surface area contributed by atoms with E-state index in [2.05, 4.69) is 49.4 Å². The normalized spacial score (nSPS) is 15.3. The van der Waals surface area contributed by atoms with E-state index in [-0.39, 0.29) is 0 Å². The van der Waals surface area contributed by atoms with Crippen LogP contribution >= 0.6 is 0 Å². The van der Waals surface area contributed by atoms with E-state index in [4.69, 9.17) is 9.47 Å². The van der Waals surface area contributed by atoms with E-state index in [1.54, 1.807) is 7.11 Å². The van der Waals surface area contributed by atoms with Gasteiger partial charge in [0.1, 0.15) is 36.0 Å². The third kappa shape index (κ3) is 5.37. The first kappa shape index (κ1) is 25.8. The molecule has 8 nitrogen and oxygen atoms in total. The molecule has 0 radical (unpaired) electrons. The summed E-state index contributed by atoms with van der Waals surface area (Å²) in [4.78, 5) is 13.1. The minimum atomic E-state index is -1.16.